The number of thiazole rings is 1. The zero-order valence-corrected chi connectivity index (χ0v) is 19.1. The predicted octanol–water partition coefficient (Wildman–Crippen LogP) is 6.32. The van der Waals surface area contributed by atoms with Gasteiger partial charge >= 0.3 is 0 Å². The summed E-state index contributed by atoms with van der Waals surface area (Å²) in [4.78, 5) is 15.7. The Balaban J connectivity index is 1.59. The first-order valence-corrected chi connectivity index (χ1v) is 11.7. The number of benzene rings is 2. The number of allylic oxidation sites excluding steroid dienone is 2. The molecule has 168 valence electrons. The van der Waals surface area contributed by atoms with Crippen LogP contribution in [0.2, 0.25) is 0 Å². The van der Waals surface area contributed by atoms with Crippen molar-refractivity contribution in [1.29, 1.82) is 0 Å². The molecule has 2 aromatic carbocycles. The number of non-ortho nitro benzene ring substituents is 1. The first kappa shape index (κ1) is 21.5. The number of para-hydroxylation sites is 1. The van der Waals surface area contributed by atoms with Gasteiger partial charge in [0, 0.05) is 23.1 Å². The monoisotopic (exact) mass is 462 g/mol. The van der Waals surface area contributed by atoms with E-state index < -0.39 is 10.7 Å². The van der Waals surface area contributed by atoms with Crippen LogP contribution in [0.4, 0.5) is 15.8 Å². The van der Waals surface area contributed by atoms with Crippen molar-refractivity contribution in [3.8, 4) is 11.3 Å². The lowest BCUT2D eigenvalue weighted by atomic mass is 9.49. The maximum Gasteiger partial charge on any atom is 0.269 e. The number of nitro benzene ring substituents is 1. The summed E-state index contributed by atoms with van der Waals surface area (Å²) in [6.07, 6.45) is 6.39. The molecule has 3 aliphatic carbocycles. The second-order valence-corrected chi connectivity index (χ2v) is 9.91. The van der Waals surface area contributed by atoms with E-state index in [1.807, 2.05) is 11.6 Å². The highest BCUT2D eigenvalue weighted by Gasteiger charge is 2.50. The topological polar surface area (TPSA) is 72.8 Å². The molecule has 1 fully saturated rings. The average Bonchev–Trinajstić information content (AvgIpc) is 3.21. The molecule has 3 aromatic rings. The zero-order chi connectivity index (χ0) is 23.2. The Labute approximate surface area is 194 Å². The van der Waals surface area contributed by atoms with Crippen molar-refractivity contribution in [3.63, 3.8) is 0 Å². The molecule has 0 aliphatic heterocycles. The molecule has 0 radical (unpaired) electrons. The van der Waals surface area contributed by atoms with Crippen molar-refractivity contribution < 1.29 is 9.31 Å². The normalized spacial score (nSPS) is 21.7. The Morgan fingerprint density at radius 1 is 1.21 bits per heavy atom. The fraction of sp³-hybridized carbons (Fsp3) is 0.280. The van der Waals surface area contributed by atoms with E-state index >= 15 is 0 Å². The van der Waals surface area contributed by atoms with Crippen LogP contribution in [0, 0.1) is 33.2 Å². The van der Waals surface area contributed by atoms with Gasteiger partial charge in [0.15, 0.2) is 0 Å². The van der Waals surface area contributed by atoms with Gasteiger partial charge in [-0.3, -0.25) is 10.1 Å². The van der Waals surface area contributed by atoms with Gasteiger partial charge in [-0.1, -0.05) is 32.1 Å². The number of nitrogens with zero attached hydrogens (tertiary/aromatic N) is 4. The number of nitro groups is 1. The highest BCUT2D eigenvalue weighted by Crippen LogP contribution is 2.58. The molecule has 0 saturated heterocycles. The first-order valence-electron chi connectivity index (χ1n) is 10.8. The third-order valence-electron chi connectivity index (χ3n) is 6.96. The lowest BCUT2D eigenvalue weighted by Gasteiger charge is -2.55. The summed E-state index contributed by atoms with van der Waals surface area (Å²) in [5, 5.41) is 17.7. The largest absolute Gasteiger partial charge is 0.269 e. The van der Waals surface area contributed by atoms with Gasteiger partial charge in [-0.05, 0) is 59.9 Å². The minimum atomic E-state index is -0.425. The number of halogens is 1. The first-order chi connectivity index (χ1) is 15.8. The third-order valence-corrected chi connectivity index (χ3v) is 7.78. The maximum absolute atomic E-state index is 14.3. The minimum absolute atomic E-state index is 0.0226. The van der Waals surface area contributed by atoms with Gasteiger partial charge in [0.2, 0.25) is 4.80 Å². The zero-order valence-electron chi connectivity index (χ0n) is 18.3. The smallest absolute Gasteiger partial charge is 0.258 e. The van der Waals surface area contributed by atoms with Crippen LogP contribution >= 0.6 is 11.3 Å². The number of hydrogen-bond donors (Lipinski definition) is 0. The molecule has 1 saturated carbocycles. The molecule has 0 N–H and O–H groups in total. The number of hydrogen-bond acceptors (Lipinski definition) is 5. The third kappa shape index (κ3) is 3.84. The molecule has 2 bridgehead atoms. The van der Waals surface area contributed by atoms with Crippen LogP contribution < -0.4 is 4.80 Å². The fourth-order valence-electron chi connectivity index (χ4n) is 4.76. The molecular formula is C25H23FN4O2S. The highest BCUT2D eigenvalue weighted by atomic mass is 32.1. The van der Waals surface area contributed by atoms with Gasteiger partial charge in [-0.2, -0.15) is 5.10 Å². The Bertz CT molecular complexity index is 1350. The van der Waals surface area contributed by atoms with Crippen LogP contribution in [-0.2, 0) is 0 Å². The van der Waals surface area contributed by atoms with Crippen molar-refractivity contribution >= 4 is 28.9 Å². The van der Waals surface area contributed by atoms with Crippen molar-refractivity contribution in [2.75, 3.05) is 0 Å². The van der Waals surface area contributed by atoms with Crippen LogP contribution in [0.25, 0.3) is 11.3 Å². The summed E-state index contributed by atoms with van der Waals surface area (Å²) >= 11 is 1.34. The molecule has 6 rings (SSSR count). The minimum Gasteiger partial charge on any atom is -0.258 e. The van der Waals surface area contributed by atoms with E-state index in [1.165, 1.54) is 41.5 Å². The van der Waals surface area contributed by atoms with E-state index in [1.54, 1.807) is 35.0 Å². The van der Waals surface area contributed by atoms with E-state index in [0.717, 1.165) is 23.6 Å². The molecule has 3 aliphatic rings. The Kier molecular flexibility index (Phi) is 5.32. The van der Waals surface area contributed by atoms with Gasteiger partial charge in [-0.25, -0.2) is 14.1 Å². The summed E-state index contributed by atoms with van der Waals surface area (Å²) < 4.78 is 16.0. The van der Waals surface area contributed by atoms with E-state index in [-0.39, 0.29) is 16.8 Å². The lowest BCUT2D eigenvalue weighted by Crippen LogP contribution is -2.48. The van der Waals surface area contributed by atoms with E-state index in [2.05, 4.69) is 24.9 Å². The van der Waals surface area contributed by atoms with Gasteiger partial charge in [-0.15, -0.1) is 11.3 Å². The molecule has 1 heterocycles. The van der Waals surface area contributed by atoms with E-state index in [4.69, 9.17) is 5.10 Å². The predicted molar refractivity (Wildman–Crippen MR) is 128 cm³/mol. The SMILES string of the molecule is CC1(C)C2CC=C(C=Nn3c(-c4ccc([N+](=O)[O-])cc4)csc3=Nc3ccccc3F)C1C2. The van der Waals surface area contributed by atoms with E-state index in [0.29, 0.717) is 10.7 Å². The van der Waals surface area contributed by atoms with Crippen molar-refractivity contribution in [3.05, 3.63) is 86.3 Å². The van der Waals surface area contributed by atoms with Gasteiger partial charge < -0.3 is 0 Å². The Hall–Kier alpha value is -3.39. The maximum atomic E-state index is 14.3. The van der Waals surface area contributed by atoms with Crippen molar-refractivity contribution in [2.45, 2.75) is 26.7 Å². The van der Waals surface area contributed by atoms with Crippen LogP contribution in [0.5, 0.6) is 0 Å². The van der Waals surface area contributed by atoms with Crippen molar-refractivity contribution in [1.82, 2.24) is 4.68 Å². The van der Waals surface area contributed by atoms with E-state index in [9.17, 15) is 14.5 Å². The van der Waals surface area contributed by atoms with Crippen LogP contribution in [-0.4, -0.2) is 15.8 Å². The molecule has 2 unspecified atom stereocenters. The van der Waals surface area contributed by atoms with Gasteiger partial charge in [0.25, 0.3) is 5.69 Å². The Morgan fingerprint density at radius 3 is 2.64 bits per heavy atom. The molecule has 8 heteroatoms. The second kappa shape index (κ2) is 8.19. The quantitative estimate of drug-likeness (QED) is 0.253. The van der Waals surface area contributed by atoms with Crippen molar-refractivity contribution in [2.24, 2.45) is 27.3 Å². The summed E-state index contributed by atoms with van der Waals surface area (Å²) in [6.45, 7) is 4.62. The van der Waals surface area contributed by atoms with Crippen LogP contribution in [0.3, 0.4) is 0 Å². The fourth-order valence-corrected chi connectivity index (χ4v) is 5.61. The van der Waals surface area contributed by atoms with Crippen LogP contribution in [0.15, 0.2) is 75.7 Å². The lowest BCUT2D eigenvalue weighted by molar-refractivity contribution is -0.384. The highest BCUT2D eigenvalue weighted by molar-refractivity contribution is 7.07. The number of rotatable bonds is 5. The average molecular weight is 463 g/mol. The standard InChI is InChI=1S/C25H23FN4O2S/c1-25(2)18-10-7-17(20(25)13-18)14-27-29-23(16-8-11-19(12-9-16)30(31)32)15-33-24(29)28-22-6-4-3-5-21(22)26/h3-9,11-12,14-15,18,20H,10,13H2,1-2H3. The molecule has 0 spiro atoms. The molecule has 1 aromatic heterocycles. The summed E-state index contributed by atoms with van der Waals surface area (Å²) in [7, 11) is 0. The summed E-state index contributed by atoms with van der Waals surface area (Å²) in [6, 6.07) is 12.7. The van der Waals surface area contributed by atoms with Gasteiger partial charge in [0.05, 0.1) is 16.8 Å². The van der Waals surface area contributed by atoms with Crippen LogP contribution in [0.1, 0.15) is 26.7 Å². The molecule has 6 nitrogen and oxygen atoms in total. The molecular weight excluding hydrogens is 439 g/mol. The molecule has 0 amide bonds. The Morgan fingerprint density at radius 2 is 1.97 bits per heavy atom. The molecule has 33 heavy (non-hydrogen) atoms. The summed E-state index contributed by atoms with van der Waals surface area (Å²) in [5.41, 5.74) is 3.26. The number of aromatic nitrogens is 1. The van der Waals surface area contributed by atoms with Gasteiger partial charge in [0.1, 0.15) is 11.5 Å². The number of fused-ring (bicyclic) bond motifs is 1. The second-order valence-electron chi connectivity index (χ2n) is 9.07. The molecule has 2 atom stereocenters. The summed E-state index contributed by atoms with van der Waals surface area (Å²) in [5.74, 6) is 0.806.